The van der Waals surface area contributed by atoms with Crippen LogP contribution in [0.2, 0.25) is 0 Å². The maximum Gasteiger partial charge on any atom is 0.161 e. The van der Waals surface area contributed by atoms with Gasteiger partial charge >= 0.3 is 0 Å². The van der Waals surface area contributed by atoms with Crippen LogP contribution in [0.3, 0.4) is 0 Å². The smallest absolute Gasteiger partial charge is 0.161 e. The predicted octanol–water partition coefficient (Wildman–Crippen LogP) is 1.72. The SMILES string of the molecule is C=C1C[NH2+]Cc2c1n(CC=[CH][Al])c1ccc(C)cc21. The molecular weight excluding hydrogens is 247 g/mol. The van der Waals surface area contributed by atoms with Crippen LogP contribution in [0.15, 0.2) is 35.8 Å². The van der Waals surface area contributed by atoms with Gasteiger partial charge in [-0.3, -0.25) is 0 Å². The molecule has 1 aromatic heterocycles. The number of aromatic nitrogens is 1. The van der Waals surface area contributed by atoms with E-state index in [2.05, 4.69) is 64.0 Å². The normalized spacial score (nSPS) is 15.3. The first kappa shape index (κ1) is 12.8. The molecule has 0 saturated heterocycles. The molecule has 94 valence electrons. The summed E-state index contributed by atoms with van der Waals surface area (Å²) in [5, 5.41) is 3.73. The number of benzene rings is 1. The molecule has 2 radical (unpaired) electrons. The first-order valence-electron chi connectivity index (χ1n) is 6.70. The van der Waals surface area contributed by atoms with Crippen LogP contribution in [-0.4, -0.2) is 27.4 Å². The summed E-state index contributed by atoms with van der Waals surface area (Å²) in [7, 11) is 0. The van der Waals surface area contributed by atoms with E-state index in [4.69, 9.17) is 0 Å². The largest absolute Gasteiger partial charge is 0.339 e. The highest BCUT2D eigenvalue weighted by Crippen LogP contribution is 2.31. The Bertz CT molecular complexity index is 680. The molecule has 2 nitrogen and oxygen atoms in total. The van der Waals surface area contributed by atoms with E-state index in [9.17, 15) is 0 Å². The van der Waals surface area contributed by atoms with Crippen molar-refractivity contribution in [3.63, 3.8) is 0 Å². The standard InChI is InChI=1S/C16H17N2.Al/c1-4-7-18-15-6-5-11(2)8-13(15)14-10-17-9-12(3)16(14)18;/h1,4-6,8,17H,3,7,9-10H2,2H3;/p+1. The Morgan fingerprint density at radius 2 is 2.26 bits per heavy atom. The van der Waals surface area contributed by atoms with Crippen molar-refractivity contribution in [1.82, 2.24) is 4.57 Å². The molecule has 0 atom stereocenters. The van der Waals surface area contributed by atoms with Crippen LogP contribution in [-0.2, 0) is 13.1 Å². The van der Waals surface area contributed by atoms with E-state index in [1.165, 1.54) is 33.3 Å². The van der Waals surface area contributed by atoms with Crippen molar-refractivity contribution in [2.45, 2.75) is 20.0 Å². The Labute approximate surface area is 122 Å². The molecule has 0 saturated carbocycles. The van der Waals surface area contributed by atoms with Gasteiger partial charge in [-0.2, -0.15) is 4.94 Å². The summed E-state index contributed by atoms with van der Waals surface area (Å²) in [6, 6.07) is 6.75. The van der Waals surface area contributed by atoms with Crippen molar-refractivity contribution in [3.05, 3.63) is 52.6 Å². The number of hydrogen-bond donors (Lipinski definition) is 1. The van der Waals surface area contributed by atoms with Crippen molar-refractivity contribution >= 4 is 32.8 Å². The van der Waals surface area contributed by atoms with E-state index in [1.807, 2.05) is 4.94 Å². The van der Waals surface area contributed by atoms with E-state index in [0.29, 0.717) is 0 Å². The summed E-state index contributed by atoms with van der Waals surface area (Å²) in [5.41, 5.74) is 6.70. The number of rotatable bonds is 2. The Kier molecular flexibility index (Phi) is 3.37. The molecule has 2 heterocycles. The molecular formula is C16H18AlN2+. The van der Waals surface area contributed by atoms with Gasteiger partial charge in [0.25, 0.3) is 0 Å². The fraction of sp³-hybridized carbons (Fsp3) is 0.250. The van der Waals surface area contributed by atoms with E-state index in [0.717, 1.165) is 19.6 Å². The van der Waals surface area contributed by atoms with Crippen LogP contribution >= 0.6 is 0 Å². The van der Waals surface area contributed by atoms with Gasteiger partial charge in [0.15, 0.2) is 16.3 Å². The lowest BCUT2D eigenvalue weighted by atomic mass is 10.0. The van der Waals surface area contributed by atoms with Crippen LogP contribution in [0, 0.1) is 6.92 Å². The third-order valence-electron chi connectivity index (χ3n) is 3.82. The molecule has 0 fully saturated rings. The molecule has 0 unspecified atom stereocenters. The summed E-state index contributed by atoms with van der Waals surface area (Å²) in [5.74, 6) is 0. The lowest BCUT2D eigenvalue weighted by Crippen LogP contribution is -2.84. The van der Waals surface area contributed by atoms with E-state index in [-0.39, 0.29) is 0 Å². The van der Waals surface area contributed by atoms with Crippen molar-refractivity contribution in [3.8, 4) is 0 Å². The van der Waals surface area contributed by atoms with Crippen LogP contribution in [0.25, 0.3) is 16.5 Å². The molecule has 1 aliphatic rings. The second kappa shape index (κ2) is 5.02. The van der Waals surface area contributed by atoms with Gasteiger partial charge in [-0.25, -0.2) is 0 Å². The van der Waals surface area contributed by atoms with Gasteiger partial charge < -0.3 is 9.88 Å². The molecule has 0 amide bonds. The molecule has 2 aromatic rings. The Hall–Kier alpha value is -1.27. The number of quaternary nitrogens is 1. The fourth-order valence-corrected chi connectivity index (χ4v) is 3.11. The third-order valence-corrected chi connectivity index (χ3v) is 4.09. The van der Waals surface area contributed by atoms with Gasteiger partial charge in [-0.1, -0.05) is 24.3 Å². The summed E-state index contributed by atoms with van der Waals surface area (Å²) in [6.07, 6.45) is 2.18. The summed E-state index contributed by atoms with van der Waals surface area (Å²) in [4.78, 5) is 2.03. The summed E-state index contributed by atoms with van der Waals surface area (Å²) >= 11 is 2.65. The lowest BCUT2D eigenvalue weighted by molar-refractivity contribution is -0.661. The molecule has 19 heavy (non-hydrogen) atoms. The molecule has 1 aliphatic heterocycles. The molecule has 3 heteroatoms. The first-order valence-corrected chi connectivity index (χ1v) is 7.37. The van der Waals surface area contributed by atoms with Crippen LogP contribution in [0.4, 0.5) is 0 Å². The molecule has 0 bridgehead atoms. The maximum absolute atomic E-state index is 4.26. The third kappa shape index (κ3) is 2.09. The minimum atomic E-state index is 0.914. The first-order chi connectivity index (χ1) is 9.22. The van der Waals surface area contributed by atoms with Crippen LogP contribution in [0.1, 0.15) is 16.8 Å². The van der Waals surface area contributed by atoms with Gasteiger partial charge in [-0.05, 0) is 19.1 Å². The Morgan fingerprint density at radius 1 is 1.42 bits per heavy atom. The Balaban J connectivity index is 2.32. The maximum atomic E-state index is 4.26. The van der Waals surface area contributed by atoms with Crippen LogP contribution < -0.4 is 5.32 Å². The number of allylic oxidation sites excluding steroid dienone is 1. The molecule has 3 rings (SSSR count). The van der Waals surface area contributed by atoms with Gasteiger partial charge in [0.05, 0.1) is 5.69 Å². The molecule has 0 aliphatic carbocycles. The number of nitrogens with two attached hydrogens (primary N) is 1. The fourth-order valence-electron chi connectivity index (χ4n) is 2.99. The number of nitrogens with zero attached hydrogens (tertiary/aromatic N) is 1. The minimum Gasteiger partial charge on any atom is -0.339 e. The predicted molar refractivity (Wildman–Crippen MR) is 81.1 cm³/mol. The number of aryl methyl sites for hydroxylation is 1. The van der Waals surface area contributed by atoms with Crippen molar-refractivity contribution < 1.29 is 5.32 Å². The van der Waals surface area contributed by atoms with Gasteiger partial charge in [0, 0.05) is 28.6 Å². The zero-order chi connectivity index (χ0) is 13.4. The van der Waals surface area contributed by atoms with Crippen molar-refractivity contribution in [2.24, 2.45) is 0 Å². The van der Waals surface area contributed by atoms with Crippen molar-refractivity contribution in [1.29, 1.82) is 0 Å². The molecule has 1 aromatic carbocycles. The highest BCUT2D eigenvalue weighted by atomic mass is 27.0. The molecule has 0 spiro atoms. The highest BCUT2D eigenvalue weighted by Gasteiger charge is 2.23. The second-order valence-electron chi connectivity index (χ2n) is 5.19. The quantitative estimate of drug-likeness (QED) is 0.799. The zero-order valence-electron chi connectivity index (χ0n) is 11.3. The van der Waals surface area contributed by atoms with Crippen molar-refractivity contribution in [2.75, 3.05) is 6.54 Å². The zero-order valence-corrected chi connectivity index (χ0v) is 12.5. The average Bonchev–Trinajstić information content (AvgIpc) is 2.71. The number of hydrogen-bond acceptors (Lipinski definition) is 0. The molecule has 2 N–H and O–H groups in total. The Morgan fingerprint density at radius 3 is 3.05 bits per heavy atom. The topological polar surface area (TPSA) is 21.5 Å². The van der Waals surface area contributed by atoms with Gasteiger partial charge in [0.1, 0.15) is 13.1 Å². The lowest BCUT2D eigenvalue weighted by Gasteiger charge is -2.16. The van der Waals surface area contributed by atoms with E-state index < -0.39 is 0 Å². The average molecular weight is 265 g/mol. The monoisotopic (exact) mass is 265 g/mol. The van der Waals surface area contributed by atoms with Crippen LogP contribution in [0.5, 0.6) is 0 Å². The van der Waals surface area contributed by atoms with E-state index >= 15 is 0 Å². The summed E-state index contributed by atoms with van der Waals surface area (Å²) in [6.45, 7) is 9.40. The summed E-state index contributed by atoms with van der Waals surface area (Å²) < 4.78 is 2.40. The number of fused-ring (bicyclic) bond motifs is 3. The highest BCUT2D eigenvalue weighted by molar-refractivity contribution is 6.16. The minimum absolute atomic E-state index is 0.914. The second-order valence-corrected chi connectivity index (χ2v) is 5.57. The van der Waals surface area contributed by atoms with Gasteiger partial charge in [0.2, 0.25) is 0 Å². The van der Waals surface area contributed by atoms with Gasteiger partial charge in [-0.15, -0.1) is 0 Å². The van der Waals surface area contributed by atoms with E-state index in [1.54, 1.807) is 0 Å².